The molecule has 2 amide bonds. The van der Waals surface area contributed by atoms with Gasteiger partial charge in [0.25, 0.3) is 5.91 Å². The molecule has 2 aliphatic rings. The number of amides is 2. The Bertz CT molecular complexity index is 1000. The molecule has 36 heavy (non-hydrogen) atoms. The summed E-state index contributed by atoms with van der Waals surface area (Å²) in [5.41, 5.74) is 2.98. The van der Waals surface area contributed by atoms with Gasteiger partial charge in [-0.05, 0) is 62.0 Å². The lowest BCUT2D eigenvalue weighted by molar-refractivity contribution is -0.126. The van der Waals surface area contributed by atoms with E-state index in [9.17, 15) is 9.59 Å². The van der Waals surface area contributed by atoms with Crippen LogP contribution in [0.3, 0.4) is 0 Å². The molecule has 0 spiro atoms. The summed E-state index contributed by atoms with van der Waals surface area (Å²) in [6, 6.07) is 13.8. The van der Waals surface area contributed by atoms with Crippen LogP contribution in [-0.2, 0) is 17.9 Å². The highest BCUT2D eigenvalue weighted by Crippen LogP contribution is 2.25. The van der Waals surface area contributed by atoms with Gasteiger partial charge in [-0.25, -0.2) is 0 Å². The SMILES string of the molecule is COc1cc(OC)cc(C(=O)N2CCC(C(=O)NCc3cccc(CN4CCCCCC4)c3)CC2)c1. The minimum atomic E-state index is -0.0748. The molecule has 0 radical (unpaired) electrons. The standard InChI is InChI=1S/C29H39N3O4/c1-35-26-17-25(18-27(19-26)36-2)29(34)32-14-10-24(11-15-32)28(33)30-20-22-8-7-9-23(16-22)21-31-12-5-3-4-6-13-31/h7-9,16-19,24H,3-6,10-15,20-21H2,1-2H3,(H,30,33). The Morgan fingerprint density at radius 3 is 2.14 bits per heavy atom. The fourth-order valence-electron chi connectivity index (χ4n) is 5.18. The van der Waals surface area contributed by atoms with Crippen LogP contribution in [-0.4, -0.2) is 62.0 Å². The van der Waals surface area contributed by atoms with Gasteiger partial charge in [0.15, 0.2) is 0 Å². The van der Waals surface area contributed by atoms with Crippen LogP contribution in [0.25, 0.3) is 0 Å². The first-order chi connectivity index (χ1) is 17.6. The van der Waals surface area contributed by atoms with E-state index in [-0.39, 0.29) is 17.7 Å². The molecule has 0 atom stereocenters. The molecular weight excluding hydrogens is 454 g/mol. The summed E-state index contributed by atoms with van der Waals surface area (Å²) < 4.78 is 10.6. The van der Waals surface area contributed by atoms with Crippen LogP contribution in [0.2, 0.25) is 0 Å². The number of likely N-dealkylation sites (tertiary alicyclic amines) is 2. The first kappa shape index (κ1) is 26.0. The van der Waals surface area contributed by atoms with Gasteiger partial charge in [-0.3, -0.25) is 14.5 Å². The highest BCUT2D eigenvalue weighted by Gasteiger charge is 2.28. The molecular formula is C29H39N3O4. The van der Waals surface area contributed by atoms with Crippen molar-refractivity contribution in [3.8, 4) is 11.5 Å². The van der Waals surface area contributed by atoms with Gasteiger partial charge in [-0.2, -0.15) is 0 Å². The van der Waals surface area contributed by atoms with E-state index in [1.165, 1.54) is 44.3 Å². The number of ether oxygens (including phenoxy) is 2. The average molecular weight is 494 g/mol. The number of hydrogen-bond donors (Lipinski definition) is 1. The molecule has 0 unspecified atom stereocenters. The Hall–Kier alpha value is -3.06. The Balaban J connectivity index is 1.26. The zero-order chi connectivity index (χ0) is 25.3. The summed E-state index contributed by atoms with van der Waals surface area (Å²) in [7, 11) is 3.14. The second kappa shape index (κ2) is 12.8. The number of hydrogen-bond acceptors (Lipinski definition) is 5. The second-order valence-corrected chi connectivity index (χ2v) is 9.90. The highest BCUT2D eigenvalue weighted by molar-refractivity contribution is 5.95. The summed E-state index contributed by atoms with van der Waals surface area (Å²) in [6.45, 7) is 4.98. The van der Waals surface area contributed by atoms with Gasteiger partial charge in [-0.1, -0.05) is 37.1 Å². The largest absolute Gasteiger partial charge is 0.497 e. The Kier molecular flexibility index (Phi) is 9.23. The lowest BCUT2D eigenvalue weighted by atomic mass is 9.95. The van der Waals surface area contributed by atoms with Gasteiger partial charge in [0.2, 0.25) is 5.91 Å². The summed E-state index contributed by atoms with van der Waals surface area (Å²) in [5.74, 6) is 1.11. The molecule has 2 heterocycles. The number of piperidine rings is 1. The third-order valence-electron chi connectivity index (χ3n) is 7.31. The Morgan fingerprint density at radius 2 is 1.50 bits per heavy atom. The van der Waals surface area contributed by atoms with Crippen LogP contribution in [0.4, 0.5) is 0 Å². The summed E-state index contributed by atoms with van der Waals surface area (Å²) in [4.78, 5) is 30.2. The Labute approximate surface area is 214 Å². The van der Waals surface area contributed by atoms with Gasteiger partial charge in [0.1, 0.15) is 11.5 Å². The zero-order valence-corrected chi connectivity index (χ0v) is 21.6. The maximum absolute atomic E-state index is 13.0. The third-order valence-corrected chi connectivity index (χ3v) is 7.31. The fourth-order valence-corrected chi connectivity index (χ4v) is 5.18. The lowest BCUT2D eigenvalue weighted by Crippen LogP contribution is -2.42. The zero-order valence-electron chi connectivity index (χ0n) is 21.6. The molecule has 7 heteroatoms. The quantitative estimate of drug-likeness (QED) is 0.595. The molecule has 2 aromatic rings. The van der Waals surface area contributed by atoms with E-state index in [1.54, 1.807) is 32.4 Å². The van der Waals surface area contributed by atoms with Gasteiger partial charge < -0.3 is 19.7 Å². The molecule has 2 aliphatic heterocycles. The number of methoxy groups -OCH3 is 2. The number of rotatable bonds is 8. The van der Waals surface area contributed by atoms with Crippen LogP contribution in [0.1, 0.15) is 60.0 Å². The van der Waals surface area contributed by atoms with Gasteiger partial charge in [0.05, 0.1) is 14.2 Å². The normalized spacial score (nSPS) is 17.3. The van der Waals surface area contributed by atoms with Crippen LogP contribution >= 0.6 is 0 Å². The highest BCUT2D eigenvalue weighted by atomic mass is 16.5. The van der Waals surface area contributed by atoms with Crippen molar-refractivity contribution in [3.63, 3.8) is 0 Å². The molecule has 7 nitrogen and oxygen atoms in total. The molecule has 194 valence electrons. The van der Waals surface area contributed by atoms with Crippen molar-refractivity contribution < 1.29 is 19.1 Å². The van der Waals surface area contributed by atoms with Crippen molar-refractivity contribution in [2.75, 3.05) is 40.4 Å². The van der Waals surface area contributed by atoms with E-state index in [2.05, 4.69) is 34.5 Å². The van der Waals surface area contributed by atoms with Crippen LogP contribution in [0.5, 0.6) is 11.5 Å². The maximum atomic E-state index is 13.0. The minimum Gasteiger partial charge on any atom is -0.497 e. The number of carbonyl (C=O) groups is 2. The summed E-state index contributed by atoms with van der Waals surface area (Å²) in [5, 5.41) is 3.13. The van der Waals surface area contributed by atoms with E-state index >= 15 is 0 Å². The molecule has 0 saturated carbocycles. The summed E-state index contributed by atoms with van der Waals surface area (Å²) >= 11 is 0. The van der Waals surface area contributed by atoms with E-state index in [4.69, 9.17) is 9.47 Å². The van der Waals surface area contributed by atoms with Crippen LogP contribution in [0.15, 0.2) is 42.5 Å². The van der Waals surface area contributed by atoms with Crippen molar-refractivity contribution in [2.24, 2.45) is 5.92 Å². The van der Waals surface area contributed by atoms with Gasteiger partial charge in [-0.15, -0.1) is 0 Å². The predicted molar refractivity (Wildman–Crippen MR) is 140 cm³/mol. The van der Waals surface area contributed by atoms with E-state index in [1.807, 2.05) is 4.90 Å². The minimum absolute atomic E-state index is 0.0627. The van der Waals surface area contributed by atoms with E-state index in [0.29, 0.717) is 49.5 Å². The number of carbonyl (C=O) groups excluding carboxylic acids is 2. The molecule has 0 aromatic heterocycles. The number of benzene rings is 2. The Morgan fingerprint density at radius 1 is 0.861 bits per heavy atom. The van der Waals surface area contributed by atoms with Gasteiger partial charge >= 0.3 is 0 Å². The molecule has 0 bridgehead atoms. The average Bonchev–Trinajstić information content (AvgIpc) is 3.20. The first-order valence-corrected chi connectivity index (χ1v) is 13.2. The van der Waals surface area contributed by atoms with Crippen molar-refractivity contribution in [3.05, 3.63) is 59.2 Å². The third kappa shape index (κ3) is 7.00. The molecule has 2 fully saturated rings. The fraction of sp³-hybridized carbons (Fsp3) is 0.517. The van der Waals surface area contributed by atoms with Crippen LogP contribution in [0, 0.1) is 5.92 Å². The molecule has 2 aromatic carbocycles. The topological polar surface area (TPSA) is 71.1 Å². The van der Waals surface area contributed by atoms with Crippen molar-refractivity contribution in [1.82, 2.24) is 15.1 Å². The number of nitrogens with zero attached hydrogens (tertiary/aromatic N) is 2. The summed E-state index contributed by atoms with van der Waals surface area (Å²) in [6.07, 6.45) is 6.57. The lowest BCUT2D eigenvalue weighted by Gasteiger charge is -2.31. The van der Waals surface area contributed by atoms with Gasteiger partial charge in [0, 0.05) is 43.7 Å². The van der Waals surface area contributed by atoms with E-state index in [0.717, 1.165) is 12.1 Å². The van der Waals surface area contributed by atoms with Crippen LogP contribution < -0.4 is 14.8 Å². The molecule has 2 saturated heterocycles. The first-order valence-electron chi connectivity index (χ1n) is 13.2. The molecule has 4 rings (SSSR count). The molecule has 0 aliphatic carbocycles. The van der Waals surface area contributed by atoms with Crippen molar-refractivity contribution >= 4 is 11.8 Å². The maximum Gasteiger partial charge on any atom is 0.254 e. The van der Waals surface area contributed by atoms with E-state index < -0.39 is 0 Å². The molecule has 1 N–H and O–H groups in total. The second-order valence-electron chi connectivity index (χ2n) is 9.90. The monoisotopic (exact) mass is 493 g/mol. The van der Waals surface area contributed by atoms with Crippen molar-refractivity contribution in [2.45, 2.75) is 51.6 Å². The predicted octanol–water partition coefficient (Wildman–Crippen LogP) is 4.25. The number of nitrogens with one attached hydrogen (secondary N) is 1. The van der Waals surface area contributed by atoms with Crippen molar-refractivity contribution in [1.29, 1.82) is 0 Å². The smallest absolute Gasteiger partial charge is 0.254 e.